The molecule has 4 heterocycles. The second-order valence-corrected chi connectivity index (χ2v) is 8.23. The van der Waals surface area contributed by atoms with Crippen LogP contribution in [0.4, 0.5) is 0 Å². The van der Waals surface area contributed by atoms with Crippen LogP contribution in [-0.4, -0.2) is 16.5 Å². The van der Waals surface area contributed by atoms with Gasteiger partial charge in [-0.15, -0.1) is 0 Å². The number of aromatic nitrogens is 2. The Kier molecular flexibility index (Phi) is 3.81. The number of H-pyrrole nitrogens is 2. The monoisotopic (exact) mass is 370 g/mol. The lowest BCUT2D eigenvalue weighted by atomic mass is 9.94. The quantitative estimate of drug-likeness (QED) is 0.400. The smallest absolute Gasteiger partial charge is 0.0462 e. The molecule has 4 N–H and O–H groups in total. The molecule has 0 amide bonds. The van der Waals surface area contributed by atoms with Crippen molar-refractivity contribution in [2.45, 2.75) is 44.8 Å². The maximum Gasteiger partial charge on any atom is 0.0462 e. The minimum absolute atomic E-state index is 0.388. The summed E-state index contributed by atoms with van der Waals surface area (Å²) < 4.78 is 0. The molecule has 0 radical (unpaired) electrons. The SMILES string of the molecule is c1ccc2c3c([nH]c2c1)CCC(c1cccc2[nH]c4c(c12)CCCNC4)NC3. The summed E-state index contributed by atoms with van der Waals surface area (Å²) in [5.74, 6) is 0. The average molecular weight is 371 g/mol. The molecule has 4 aromatic rings. The first kappa shape index (κ1) is 16.4. The van der Waals surface area contributed by atoms with Gasteiger partial charge in [0.05, 0.1) is 0 Å². The zero-order valence-corrected chi connectivity index (χ0v) is 16.1. The first-order chi connectivity index (χ1) is 13.9. The molecular formula is C24H26N4. The topological polar surface area (TPSA) is 55.6 Å². The molecule has 0 aliphatic carbocycles. The third-order valence-electron chi connectivity index (χ3n) is 6.62. The number of nitrogens with one attached hydrogen (secondary N) is 4. The van der Waals surface area contributed by atoms with E-state index in [9.17, 15) is 0 Å². The summed E-state index contributed by atoms with van der Waals surface area (Å²) in [4.78, 5) is 7.35. The second-order valence-electron chi connectivity index (χ2n) is 8.23. The maximum absolute atomic E-state index is 3.89. The summed E-state index contributed by atoms with van der Waals surface area (Å²) >= 11 is 0. The van der Waals surface area contributed by atoms with Gasteiger partial charge < -0.3 is 20.6 Å². The predicted molar refractivity (Wildman–Crippen MR) is 115 cm³/mol. The molecule has 2 aromatic heterocycles. The van der Waals surface area contributed by atoms with Gasteiger partial charge >= 0.3 is 0 Å². The Hall–Kier alpha value is -2.56. The van der Waals surface area contributed by atoms with E-state index in [0.717, 1.165) is 38.9 Å². The zero-order chi connectivity index (χ0) is 18.5. The molecule has 0 saturated heterocycles. The van der Waals surface area contributed by atoms with Crippen LogP contribution in [0.1, 0.15) is 47.0 Å². The summed E-state index contributed by atoms with van der Waals surface area (Å²) in [7, 11) is 0. The van der Waals surface area contributed by atoms with E-state index in [1.807, 2.05) is 0 Å². The Labute approximate surface area is 164 Å². The van der Waals surface area contributed by atoms with E-state index in [1.54, 1.807) is 0 Å². The zero-order valence-electron chi connectivity index (χ0n) is 16.1. The Bertz CT molecular complexity index is 1170. The third-order valence-corrected chi connectivity index (χ3v) is 6.62. The molecule has 0 spiro atoms. The number of aryl methyl sites for hydroxylation is 2. The number of hydrogen-bond donors (Lipinski definition) is 4. The Balaban J connectivity index is 1.40. The molecule has 0 bridgehead atoms. The van der Waals surface area contributed by atoms with Crippen LogP contribution in [0, 0.1) is 0 Å². The lowest BCUT2D eigenvalue weighted by Gasteiger charge is -2.18. The molecule has 4 nitrogen and oxygen atoms in total. The number of hydrogen-bond acceptors (Lipinski definition) is 2. The van der Waals surface area contributed by atoms with Crippen LogP contribution >= 0.6 is 0 Å². The highest BCUT2D eigenvalue weighted by Crippen LogP contribution is 2.35. The average Bonchev–Trinajstić information content (AvgIpc) is 3.06. The molecule has 1 unspecified atom stereocenters. The van der Waals surface area contributed by atoms with E-state index in [-0.39, 0.29) is 0 Å². The number of rotatable bonds is 1. The molecule has 4 heteroatoms. The van der Waals surface area contributed by atoms with Gasteiger partial charge in [-0.25, -0.2) is 0 Å². The lowest BCUT2D eigenvalue weighted by molar-refractivity contribution is 0.521. The van der Waals surface area contributed by atoms with E-state index in [0.29, 0.717) is 6.04 Å². The van der Waals surface area contributed by atoms with Crippen LogP contribution in [0.2, 0.25) is 0 Å². The van der Waals surface area contributed by atoms with Crippen molar-refractivity contribution in [2.24, 2.45) is 0 Å². The van der Waals surface area contributed by atoms with E-state index in [2.05, 4.69) is 63.1 Å². The van der Waals surface area contributed by atoms with Gasteiger partial charge in [-0.05, 0) is 61.1 Å². The van der Waals surface area contributed by atoms with E-state index in [1.165, 1.54) is 56.3 Å². The van der Waals surface area contributed by atoms with Gasteiger partial charge in [0.2, 0.25) is 0 Å². The number of benzene rings is 2. The standard InChI is InChI=1S/C24H26N4/c1-2-8-20-15(5-1)18-13-26-19(10-11-21(18)27-20)16-6-3-9-22-24(16)17-7-4-12-25-14-23(17)28-22/h1-3,5-6,8-9,19,25-28H,4,7,10-14H2. The summed E-state index contributed by atoms with van der Waals surface area (Å²) in [6.07, 6.45) is 4.59. The van der Waals surface area contributed by atoms with E-state index in [4.69, 9.17) is 0 Å². The fraction of sp³-hybridized carbons (Fsp3) is 0.333. The van der Waals surface area contributed by atoms with Gasteiger partial charge in [0.1, 0.15) is 0 Å². The minimum atomic E-state index is 0.388. The van der Waals surface area contributed by atoms with E-state index < -0.39 is 0 Å². The molecule has 2 aliphatic rings. The summed E-state index contributed by atoms with van der Waals surface area (Å²) in [6.45, 7) is 2.99. The highest BCUT2D eigenvalue weighted by molar-refractivity contribution is 5.89. The molecule has 1 atom stereocenters. The normalized spacial score (nSPS) is 19.9. The van der Waals surface area contributed by atoms with Crippen molar-refractivity contribution < 1.29 is 0 Å². The summed E-state index contributed by atoms with van der Waals surface area (Å²) in [5.41, 5.74) is 9.78. The molecular weight excluding hydrogens is 344 g/mol. The van der Waals surface area contributed by atoms with Crippen molar-refractivity contribution in [1.82, 2.24) is 20.6 Å². The predicted octanol–water partition coefficient (Wildman–Crippen LogP) is 4.46. The highest BCUT2D eigenvalue weighted by Gasteiger charge is 2.24. The van der Waals surface area contributed by atoms with E-state index >= 15 is 0 Å². The van der Waals surface area contributed by atoms with Crippen molar-refractivity contribution in [1.29, 1.82) is 0 Å². The van der Waals surface area contributed by atoms with Gasteiger partial charge in [-0.1, -0.05) is 30.3 Å². The third kappa shape index (κ3) is 2.52. The largest absolute Gasteiger partial charge is 0.358 e. The fourth-order valence-electron chi connectivity index (χ4n) is 5.27. The lowest BCUT2D eigenvalue weighted by Crippen LogP contribution is -2.19. The Morgan fingerprint density at radius 3 is 2.68 bits per heavy atom. The first-order valence-electron chi connectivity index (χ1n) is 10.5. The summed E-state index contributed by atoms with van der Waals surface area (Å²) in [5, 5.41) is 10.3. The molecule has 2 aromatic carbocycles. The minimum Gasteiger partial charge on any atom is -0.358 e. The fourth-order valence-corrected chi connectivity index (χ4v) is 5.27. The van der Waals surface area contributed by atoms with Crippen LogP contribution in [0.15, 0.2) is 42.5 Å². The second kappa shape index (κ2) is 6.50. The maximum atomic E-state index is 3.89. The van der Waals surface area contributed by atoms with Crippen LogP contribution in [0.5, 0.6) is 0 Å². The highest BCUT2D eigenvalue weighted by atomic mass is 14.9. The van der Waals surface area contributed by atoms with Gasteiger partial charge in [0.25, 0.3) is 0 Å². The Morgan fingerprint density at radius 1 is 0.786 bits per heavy atom. The van der Waals surface area contributed by atoms with Crippen molar-refractivity contribution in [3.05, 3.63) is 70.5 Å². The Morgan fingerprint density at radius 2 is 1.68 bits per heavy atom. The van der Waals surface area contributed by atoms with Crippen molar-refractivity contribution in [3.8, 4) is 0 Å². The number of fused-ring (bicyclic) bond motifs is 6. The number of para-hydroxylation sites is 1. The van der Waals surface area contributed by atoms with Crippen LogP contribution in [0.3, 0.4) is 0 Å². The van der Waals surface area contributed by atoms with Gasteiger partial charge in [0, 0.05) is 52.3 Å². The van der Waals surface area contributed by atoms with Crippen molar-refractivity contribution in [2.75, 3.05) is 6.54 Å². The van der Waals surface area contributed by atoms with Crippen LogP contribution in [-0.2, 0) is 25.9 Å². The summed E-state index contributed by atoms with van der Waals surface area (Å²) in [6, 6.07) is 15.9. The molecule has 0 fully saturated rings. The van der Waals surface area contributed by atoms with Crippen molar-refractivity contribution in [3.63, 3.8) is 0 Å². The molecule has 6 rings (SSSR count). The van der Waals surface area contributed by atoms with Crippen LogP contribution < -0.4 is 10.6 Å². The number of aromatic amines is 2. The molecule has 0 saturated carbocycles. The molecule has 28 heavy (non-hydrogen) atoms. The van der Waals surface area contributed by atoms with Crippen molar-refractivity contribution >= 4 is 21.8 Å². The van der Waals surface area contributed by atoms with Gasteiger partial charge in [-0.3, -0.25) is 0 Å². The van der Waals surface area contributed by atoms with Crippen LogP contribution in [0.25, 0.3) is 21.8 Å². The molecule has 2 aliphatic heterocycles. The molecule has 142 valence electrons. The van der Waals surface area contributed by atoms with Gasteiger partial charge in [-0.2, -0.15) is 0 Å². The first-order valence-corrected chi connectivity index (χ1v) is 10.5. The van der Waals surface area contributed by atoms with Gasteiger partial charge in [0.15, 0.2) is 0 Å².